The molecule has 0 saturated heterocycles. The molecule has 78 valence electrons. The van der Waals surface area contributed by atoms with Crippen LogP contribution in [0.25, 0.3) is 0 Å². The van der Waals surface area contributed by atoms with Crippen molar-refractivity contribution in [3.8, 4) is 0 Å². The van der Waals surface area contributed by atoms with Crippen LogP contribution in [0, 0.1) is 11.8 Å². The number of nitrogens with one attached hydrogen (secondary N) is 1. The zero-order valence-electron chi connectivity index (χ0n) is 9.69. The average molecular weight is 183 g/mol. The maximum atomic E-state index is 3.61. The third-order valence-corrected chi connectivity index (χ3v) is 3.13. The Bertz CT molecular complexity index is 146. The van der Waals surface area contributed by atoms with E-state index in [1.54, 1.807) is 0 Å². The summed E-state index contributed by atoms with van der Waals surface area (Å²) in [4.78, 5) is 0. The molecule has 0 aromatic heterocycles. The Morgan fingerprint density at radius 3 is 2.15 bits per heavy atom. The van der Waals surface area contributed by atoms with Crippen molar-refractivity contribution in [2.75, 3.05) is 6.54 Å². The minimum atomic E-state index is 0.298. The molecule has 1 N–H and O–H groups in total. The van der Waals surface area contributed by atoms with E-state index in [0.717, 1.165) is 11.8 Å². The van der Waals surface area contributed by atoms with Crippen molar-refractivity contribution in [2.24, 2.45) is 11.8 Å². The van der Waals surface area contributed by atoms with E-state index >= 15 is 0 Å². The van der Waals surface area contributed by atoms with Crippen LogP contribution >= 0.6 is 0 Å². The molecule has 2 atom stereocenters. The van der Waals surface area contributed by atoms with Gasteiger partial charge in [-0.1, -0.05) is 19.8 Å². The first-order valence-corrected chi connectivity index (χ1v) is 5.78. The Balaban J connectivity index is 2.15. The standard InChI is InChI=1S/C12H25N/c1-5-6-10-7-8-11(10)9-13-12(2,3)4/h10-11,13H,5-9H2,1-4H3. The molecule has 1 aliphatic carbocycles. The van der Waals surface area contributed by atoms with E-state index in [2.05, 4.69) is 33.0 Å². The van der Waals surface area contributed by atoms with Crippen molar-refractivity contribution in [3.05, 3.63) is 0 Å². The van der Waals surface area contributed by atoms with Crippen molar-refractivity contribution in [3.63, 3.8) is 0 Å². The van der Waals surface area contributed by atoms with Crippen molar-refractivity contribution in [2.45, 2.75) is 58.9 Å². The van der Waals surface area contributed by atoms with Crippen LogP contribution in [0.5, 0.6) is 0 Å². The minimum Gasteiger partial charge on any atom is -0.312 e. The maximum absolute atomic E-state index is 3.61. The van der Waals surface area contributed by atoms with Gasteiger partial charge in [0, 0.05) is 5.54 Å². The molecule has 1 nitrogen and oxygen atoms in total. The first-order valence-electron chi connectivity index (χ1n) is 5.78. The largest absolute Gasteiger partial charge is 0.312 e. The van der Waals surface area contributed by atoms with Gasteiger partial charge in [-0.2, -0.15) is 0 Å². The lowest BCUT2D eigenvalue weighted by Gasteiger charge is -2.38. The molecule has 0 aromatic rings. The Morgan fingerprint density at radius 1 is 1.15 bits per heavy atom. The fourth-order valence-electron chi connectivity index (χ4n) is 2.09. The highest BCUT2D eigenvalue weighted by molar-refractivity contribution is 4.84. The number of rotatable bonds is 4. The third kappa shape index (κ3) is 3.68. The Kier molecular flexibility index (Phi) is 3.78. The monoisotopic (exact) mass is 183 g/mol. The molecule has 0 bridgehead atoms. The van der Waals surface area contributed by atoms with Crippen LogP contribution in [0.1, 0.15) is 53.4 Å². The maximum Gasteiger partial charge on any atom is 0.00966 e. The van der Waals surface area contributed by atoms with Crippen LogP contribution in [0.4, 0.5) is 0 Å². The Labute approximate surface area is 83.3 Å². The molecule has 1 saturated carbocycles. The molecule has 0 aliphatic heterocycles. The molecule has 0 amide bonds. The van der Waals surface area contributed by atoms with Crippen molar-refractivity contribution in [1.29, 1.82) is 0 Å². The van der Waals surface area contributed by atoms with Crippen molar-refractivity contribution in [1.82, 2.24) is 5.32 Å². The lowest BCUT2D eigenvalue weighted by molar-refractivity contribution is 0.149. The van der Waals surface area contributed by atoms with Gasteiger partial charge >= 0.3 is 0 Å². The molecule has 0 spiro atoms. The van der Waals surface area contributed by atoms with E-state index in [0.29, 0.717) is 5.54 Å². The second-order valence-electron chi connectivity index (χ2n) is 5.52. The van der Waals surface area contributed by atoms with Gasteiger partial charge in [0.1, 0.15) is 0 Å². The lowest BCUT2D eigenvalue weighted by atomic mass is 9.71. The average Bonchev–Trinajstić information content (AvgIpc) is 1.96. The van der Waals surface area contributed by atoms with Crippen LogP contribution in [-0.2, 0) is 0 Å². The van der Waals surface area contributed by atoms with Crippen molar-refractivity contribution < 1.29 is 0 Å². The molecule has 1 heteroatoms. The molecule has 1 aliphatic rings. The summed E-state index contributed by atoms with van der Waals surface area (Å²) in [6.45, 7) is 10.3. The molecule has 13 heavy (non-hydrogen) atoms. The molecular weight excluding hydrogens is 158 g/mol. The molecule has 1 fully saturated rings. The molecule has 1 rings (SSSR count). The topological polar surface area (TPSA) is 12.0 Å². The molecule has 2 unspecified atom stereocenters. The lowest BCUT2D eigenvalue weighted by Crippen LogP contribution is -2.43. The van der Waals surface area contributed by atoms with E-state index in [1.165, 1.54) is 32.2 Å². The molecule has 0 heterocycles. The Hall–Kier alpha value is -0.0400. The normalized spacial score (nSPS) is 28.6. The summed E-state index contributed by atoms with van der Waals surface area (Å²) < 4.78 is 0. The summed E-state index contributed by atoms with van der Waals surface area (Å²) in [5, 5.41) is 3.61. The van der Waals surface area contributed by atoms with Gasteiger partial charge in [-0.15, -0.1) is 0 Å². The van der Waals surface area contributed by atoms with E-state index < -0.39 is 0 Å². The minimum absolute atomic E-state index is 0.298. The van der Waals surface area contributed by atoms with E-state index in [-0.39, 0.29) is 0 Å². The predicted octanol–water partition coefficient (Wildman–Crippen LogP) is 3.20. The first kappa shape index (κ1) is 11.0. The van der Waals surface area contributed by atoms with E-state index in [4.69, 9.17) is 0 Å². The van der Waals surface area contributed by atoms with Crippen LogP contribution in [-0.4, -0.2) is 12.1 Å². The Morgan fingerprint density at radius 2 is 1.77 bits per heavy atom. The molecule has 0 radical (unpaired) electrons. The van der Waals surface area contributed by atoms with Crippen LogP contribution in [0.15, 0.2) is 0 Å². The van der Waals surface area contributed by atoms with Gasteiger partial charge in [0.15, 0.2) is 0 Å². The van der Waals surface area contributed by atoms with Gasteiger partial charge in [-0.3, -0.25) is 0 Å². The highest BCUT2D eigenvalue weighted by Crippen LogP contribution is 2.37. The summed E-state index contributed by atoms with van der Waals surface area (Å²) in [6, 6.07) is 0. The van der Waals surface area contributed by atoms with Crippen LogP contribution in [0.2, 0.25) is 0 Å². The first-order chi connectivity index (χ1) is 6.03. The van der Waals surface area contributed by atoms with Gasteiger partial charge < -0.3 is 5.32 Å². The molecular formula is C12H25N. The zero-order valence-corrected chi connectivity index (χ0v) is 9.69. The summed E-state index contributed by atoms with van der Waals surface area (Å²) in [5.41, 5.74) is 0.298. The fraction of sp³-hybridized carbons (Fsp3) is 1.00. The predicted molar refractivity (Wildman–Crippen MR) is 58.9 cm³/mol. The summed E-state index contributed by atoms with van der Waals surface area (Å²) in [7, 11) is 0. The summed E-state index contributed by atoms with van der Waals surface area (Å²) >= 11 is 0. The zero-order chi connectivity index (χ0) is 9.90. The fourth-order valence-corrected chi connectivity index (χ4v) is 2.09. The van der Waals surface area contributed by atoms with Gasteiger partial charge in [0.2, 0.25) is 0 Å². The SMILES string of the molecule is CCCC1CCC1CNC(C)(C)C. The highest BCUT2D eigenvalue weighted by atomic mass is 14.9. The summed E-state index contributed by atoms with van der Waals surface area (Å²) in [6.07, 6.45) is 5.73. The van der Waals surface area contributed by atoms with E-state index in [9.17, 15) is 0 Å². The van der Waals surface area contributed by atoms with E-state index in [1.807, 2.05) is 0 Å². The van der Waals surface area contributed by atoms with Gasteiger partial charge in [0.05, 0.1) is 0 Å². The second-order valence-corrected chi connectivity index (χ2v) is 5.52. The summed E-state index contributed by atoms with van der Waals surface area (Å²) in [5.74, 6) is 2.00. The smallest absolute Gasteiger partial charge is 0.00966 e. The highest BCUT2D eigenvalue weighted by Gasteiger charge is 2.30. The quantitative estimate of drug-likeness (QED) is 0.706. The number of hydrogen-bond acceptors (Lipinski definition) is 1. The number of hydrogen-bond donors (Lipinski definition) is 1. The van der Waals surface area contributed by atoms with Gasteiger partial charge in [-0.05, 0) is 52.0 Å². The van der Waals surface area contributed by atoms with Crippen LogP contribution in [0.3, 0.4) is 0 Å². The van der Waals surface area contributed by atoms with Gasteiger partial charge in [0.25, 0.3) is 0 Å². The van der Waals surface area contributed by atoms with Crippen molar-refractivity contribution >= 4 is 0 Å². The van der Waals surface area contributed by atoms with Gasteiger partial charge in [-0.25, -0.2) is 0 Å². The van der Waals surface area contributed by atoms with Crippen LogP contribution < -0.4 is 5.32 Å². The second kappa shape index (κ2) is 4.45. The third-order valence-electron chi connectivity index (χ3n) is 3.13. The molecule has 0 aromatic carbocycles.